The molecule has 0 saturated heterocycles. The van der Waals surface area contributed by atoms with Gasteiger partial charge in [-0.3, -0.25) is 4.98 Å². The molecular weight excluding hydrogens is 236 g/mol. The Balaban J connectivity index is 2.14. The van der Waals surface area contributed by atoms with Gasteiger partial charge in [0.05, 0.1) is 7.11 Å². The highest BCUT2D eigenvalue weighted by atomic mass is 16.5. The largest absolute Gasteiger partial charge is 0.497 e. The van der Waals surface area contributed by atoms with E-state index in [2.05, 4.69) is 11.1 Å². The summed E-state index contributed by atoms with van der Waals surface area (Å²) < 4.78 is 5.16. The summed E-state index contributed by atoms with van der Waals surface area (Å²) >= 11 is 0. The van der Waals surface area contributed by atoms with Crippen molar-refractivity contribution in [2.24, 2.45) is 0 Å². The molecule has 0 radical (unpaired) electrons. The van der Waals surface area contributed by atoms with Crippen LogP contribution in [0.3, 0.4) is 0 Å². The Labute approximate surface area is 111 Å². The highest BCUT2D eigenvalue weighted by molar-refractivity contribution is 5.96. The highest BCUT2D eigenvalue weighted by Gasteiger charge is 2.04. The maximum atomic E-state index is 6.10. The van der Waals surface area contributed by atoms with E-state index in [0.717, 1.165) is 33.3 Å². The third-order valence-corrected chi connectivity index (χ3v) is 3.21. The van der Waals surface area contributed by atoms with E-state index < -0.39 is 0 Å². The van der Waals surface area contributed by atoms with E-state index in [0.29, 0.717) is 0 Å². The Morgan fingerprint density at radius 3 is 2.53 bits per heavy atom. The van der Waals surface area contributed by atoms with E-state index in [-0.39, 0.29) is 0 Å². The van der Waals surface area contributed by atoms with Crippen molar-refractivity contribution in [2.75, 3.05) is 12.8 Å². The van der Waals surface area contributed by atoms with Crippen molar-refractivity contribution in [3.8, 4) is 16.9 Å². The molecule has 0 amide bonds. The number of aromatic nitrogens is 1. The number of hydrogen-bond donors (Lipinski definition) is 1. The number of anilines is 1. The van der Waals surface area contributed by atoms with E-state index in [9.17, 15) is 0 Å². The van der Waals surface area contributed by atoms with Crippen molar-refractivity contribution in [1.29, 1.82) is 0 Å². The Bertz CT molecular complexity index is 720. The molecule has 0 fully saturated rings. The molecule has 0 atom stereocenters. The summed E-state index contributed by atoms with van der Waals surface area (Å²) in [6.45, 7) is 0. The minimum absolute atomic E-state index is 0.769. The summed E-state index contributed by atoms with van der Waals surface area (Å²) in [6, 6.07) is 14.0. The van der Waals surface area contributed by atoms with Gasteiger partial charge in [0.1, 0.15) is 5.75 Å². The molecule has 2 N–H and O–H groups in total. The van der Waals surface area contributed by atoms with E-state index in [4.69, 9.17) is 10.5 Å². The molecule has 0 saturated carbocycles. The summed E-state index contributed by atoms with van der Waals surface area (Å²) in [6.07, 6.45) is 3.59. The van der Waals surface area contributed by atoms with Gasteiger partial charge in [0.2, 0.25) is 0 Å². The Kier molecular flexibility index (Phi) is 2.80. The van der Waals surface area contributed by atoms with Crippen molar-refractivity contribution in [2.45, 2.75) is 0 Å². The number of methoxy groups -OCH3 is 1. The fourth-order valence-electron chi connectivity index (χ4n) is 2.19. The van der Waals surface area contributed by atoms with E-state index in [1.165, 1.54) is 0 Å². The van der Waals surface area contributed by atoms with Gasteiger partial charge in [0.15, 0.2) is 0 Å². The topological polar surface area (TPSA) is 48.1 Å². The summed E-state index contributed by atoms with van der Waals surface area (Å²) in [7, 11) is 1.66. The third-order valence-electron chi connectivity index (χ3n) is 3.21. The van der Waals surface area contributed by atoms with Crippen LogP contribution in [0, 0.1) is 0 Å². The lowest BCUT2D eigenvalue weighted by Crippen LogP contribution is -1.90. The maximum absolute atomic E-state index is 6.10. The molecule has 3 heteroatoms. The van der Waals surface area contributed by atoms with Gasteiger partial charge in [-0.25, -0.2) is 0 Å². The Hall–Kier alpha value is -2.55. The second-order valence-electron chi connectivity index (χ2n) is 4.39. The average molecular weight is 250 g/mol. The van der Waals surface area contributed by atoms with Crippen molar-refractivity contribution < 1.29 is 4.74 Å². The minimum atomic E-state index is 0.769. The number of fused-ring (bicyclic) bond motifs is 1. The van der Waals surface area contributed by atoms with Crippen LogP contribution in [0.25, 0.3) is 21.9 Å². The molecular formula is C16H14N2O. The molecule has 0 aliphatic rings. The third kappa shape index (κ3) is 2.10. The van der Waals surface area contributed by atoms with Crippen LogP contribution in [0.15, 0.2) is 54.9 Å². The quantitative estimate of drug-likeness (QED) is 0.708. The van der Waals surface area contributed by atoms with Gasteiger partial charge in [0.25, 0.3) is 0 Å². The number of nitrogens with two attached hydrogens (primary N) is 1. The van der Waals surface area contributed by atoms with Gasteiger partial charge < -0.3 is 10.5 Å². The molecule has 0 unspecified atom stereocenters. The second-order valence-corrected chi connectivity index (χ2v) is 4.39. The normalized spacial score (nSPS) is 10.6. The van der Waals surface area contributed by atoms with Gasteiger partial charge in [-0.1, -0.05) is 12.1 Å². The van der Waals surface area contributed by atoms with Crippen molar-refractivity contribution in [3.05, 3.63) is 54.9 Å². The lowest BCUT2D eigenvalue weighted by Gasteiger charge is -2.08. The van der Waals surface area contributed by atoms with Crippen molar-refractivity contribution >= 4 is 16.5 Å². The number of nitrogens with zero attached hydrogens (tertiary/aromatic N) is 1. The Morgan fingerprint density at radius 2 is 1.79 bits per heavy atom. The molecule has 19 heavy (non-hydrogen) atoms. The van der Waals surface area contributed by atoms with Gasteiger partial charge in [-0.15, -0.1) is 0 Å². The fraction of sp³-hybridized carbons (Fsp3) is 0.0625. The first-order valence-corrected chi connectivity index (χ1v) is 6.05. The number of pyridine rings is 1. The number of hydrogen-bond acceptors (Lipinski definition) is 3. The molecule has 1 aromatic heterocycles. The molecule has 0 spiro atoms. The maximum Gasteiger partial charge on any atom is 0.118 e. The molecule has 0 aliphatic carbocycles. The monoisotopic (exact) mass is 250 g/mol. The first kappa shape index (κ1) is 11.5. The SMILES string of the molecule is COc1ccc(-c2cc(N)c3ccncc3c2)cc1. The zero-order valence-corrected chi connectivity index (χ0v) is 10.6. The average Bonchev–Trinajstić information content (AvgIpc) is 2.47. The van der Waals surface area contributed by atoms with Gasteiger partial charge >= 0.3 is 0 Å². The predicted octanol–water partition coefficient (Wildman–Crippen LogP) is 3.49. The lowest BCUT2D eigenvalue weighted by molar-refractivity contribution is 0.415. The van der Waals surface area contributed by atoms with Crippen LogP contribution in [0.5, 0.6) is 5.75 Å². The smallest absolute Gasteiger partial charge is 0.118 e. The summed E-state index contributed by atoms with van der Waals surface area (Å²) in [4.78, 5) is 4.14. The first-order valence-electron chi connectivity index (χ1n) is 6.05. The summed E-state index contributed by atoms with van der Waals surface area (Å²) in [5.41, 5.74) is 9.06. The molecule has 0 aliphatic heterocycles. The predicted molar refractivity (Wildman–Crippen MR) is 78.1 cm³/mol. The van der Waals surface area contributed by atoms with Crippen LogP contribution in [-0.2, 0) is 0 Å². The van der Waals surface area contributed by atoms with Gasteiger partial charge in [-0.05, 0) is 41.5 Å². The zero-order chi connectivity index (χ0) is 13.2. The fourth-order valence-corrected chi connectivity index (χ4v) is 2.19. The second kappa shape index (κ2) is 4.61. The summed E-state index contributed by atoms with van der Waals surface area (Å²) in [5.74, 6) is 0.846. The van der Waals surface area contributed by atoms with Crippen molar-refractivity contribution in [1.82, 2.24) is 4.98 Å². The molecule has 2 aromatic carbocycles. The van der Waals surface area contributed by atoms with Gasteiger partial charge in [0, 0.05) is 28.9 Å². The molecule has 94 valence electrons. The number of nitrogen functional groups attached to an aromatic ring is 1. The lowest BCUT2D eigenvalue weighted by atomic mass is 10.0. The van der Waals surface area contributed by atoms with Crippen LogP contribution in [0.4, 0.5) is 5.69 Å². The van der Waals surface area contributed by atoms with E-state index >= 15 is 0 Å². The highest BCUT2D eigenvalue weighted by Crippen LogP contribution is 2.29. The summed E-state index contributed by atoms with van der Waals surface area (Å²) in [5, 5.41) is 2.08. The first-order chi connectivity index (χ1) is 9.28. The molecule has 3 aromatic rings. The van der Waals surface area contributed by atoms with Crippen LogP contribution >= 0.6 is 0 Å². The van der Waals surface area contributed by atoms with Crippen LogP contribution in [-0.4, -0.2) is 12.1 Å². The standard InChI is InChI=1S/C16H14N2O/c1-19-14-4-2-11(3-5-14)12-8-13-10-18-7-6-15(13)16(17)9-12/h2-10H,17H2,1H3. The Morgan fingerprint density at radius 1 is 1.00 bits per heavy atom. The zero-order valence-electron chi connectivity index (χ0n) is 10.6. The van der Waals surface area contributed by atoms with Gasteiger partial charge in [-0.2, -0.15) is 0 Å². The number of benzene rings is 2. The molecule has 1 heterocycles. The minimum Gasteiger partial charge on any atom is -0.497 e. The van der Waals surface area contributed by atoms with Crippen LogP contribution < -0.4 is 10.5 Å². The van der Waals surface area contributed by atoms with Crippen LogP contribution in [0.1, 0.15) is 0 Å². The molecule has 0 bridgehead atoms. The van der Waals surface area contributed by atoms with Crippen molar-refractivity contribution in [3.63, 3.8) is 0 Å². The van der Waals surface area contributed by atoms with E-state index in [1.807, 2.05) is 42.6 Å². The number of rotatable bonds is 2. The number of ether oxygens (including phenoxy) is 1. The molecule has 3 rings (SSSR count). The molecule has 3 nitrogen and oxygen atoms in total. The van der Waals surface area contributed by atoms with E-state index in [1.54, 1.807) is 13.3 Å². The van der Waals surface area contributed by atoms with Crippen LogP contribution in [0.2, 0.25) is 0 Å².